The third-order valence-electron chi connectivity index (χ3n) is 4.45. The molecule has 0 amide bonds. The van der Waals surface area contributed by atoms with E-state index in [-0.39, 0.29) is 25.7 Å². The Morgan fingerprint density at radius 1 is 1.13 bits per heavy atom. The molecule has 0 radical (unpaired) electrons. The van der Waals surface area contributed by atoms with Crippen molar-refractivity contribution in [3.05, 3.63) is 82.0 Å². The van der Waals surface area contributed by atoms with Crippen LogP contribution in [-0.4, -0.2) is 18.0 Å². The SMILES string of the molecule is CC1=C(N[C@@H](Cc2ccc(NS(=O)(=O)O)cc2)c2csc(-c3ccccc3)n2)SI=N1. The van der Waals surface area contributed by atoms with Crippen LogP contribution in [0.25, 0.3) is 10.6 Å². The molecule has 0 bridgehead atoms. The van der Waals surface area contributed by atoms with Gasteiger partial charge in [0.15, 0.2) is 0 Å². The summed E-state index contributed by atoms with van der Waals surface area (Å²) in [7, 11) is -2.51. The number of hydrogen-bond donors (Lipinski definition) is 3. The summed E-state index contributed by atoms with van der Waals surface area (Å²) in [5, 5.41) is 7.76. The van der Waals surface area contributed by atoms with E-state index in [2.05, 4.69) is 30.7 Å². The lowest BCUT2D eigenvalue weighted by Gasteiger charge is -2.19. The standard InChI is InChI=1S/C20H19IN4O3S3/c1-13-19(30-21-24-13)22-17(11-14-7-9-16(10-8-14)25-31(26,27)28)18-12-29-20(23-18)15-5-3-2-4-6-15/h2-10,12,17,22,25H,11H2,1H3,(H,26,27,28)/t17-/m0/s1. The van der Waals surface area contributed by atoms with Gasteiger partial charge in [0.1, 0.15) is 10.0 Å². The Morgan fingerprint density at radius 2 is 1.87 bits per heavy atom. The molecular weight excluding hydrogens is 567 g/mol. The first-order valence-corrected chi connectivity index (χ1v) is 15.9. The molecule has 3 aromatic rings. The fourth-order valence-corrected chi connectivity index (χ4v) is 8.34. The molecule has 3 N–H and O–H groups in total. The smallest absolute Gasteiger partial charge is 0.357 e. The van der Waals surface area contributed by atoms with Crippen molar-refractivity contribution in [2.75, 3.05) is 4.72 Å². The van der Waals surface area contributed by atoms with Crippen molar-refractivity contribution >= 4 is 55.9 Å². The summed E-state index contributed by atoms with van der Waals surface area (Å²) in [5.41, 5.74) is 4.40. The van der Waals surface area contributed by atoms with Gasteiger partial charge in [0, 0.05) is 10.9 Å². The van der Waals surface area contributed by atoms with Gasteiger partial charge in [-0.2, -0.15) is 8.42 Å². The molecule has 0 spiro atoms. The average Bonchev–Trinajstić information content (AvgIpc) is 3.38. The highest BCUT2D eigenvalue weighted by atomic mass is 127. The van der Waals surface area contributed by atoms with Gasteiger partial charge in [-0.25, -0.2) is 8.13 Å². The Kier molecular flexibility index (Phi) is 7.06. The number of nitrogens with one attached hydrogen (secondary N) is 2. The Balaban J connectivity index is 1.58. The summed E-state index contributed by atoms with van der Waals surface area (Å²) in [6.45, 7) is 2.02. The molecule has 0 unspecified atom stereocenters. The minimum Gasteiger partial charge on any atom is -0.369 e. The number of halogens is 1. The van der Waals surface area contributed by atoms with E-state index in [0.717, 1.165) is 32.6 Å². The van der Waals surface area contributed by atoms with E-state index in [9.17, 15) is 8.42 Å². The van der Waals surface area contributed by atoms with Crippen LogP contribution in [0.1, 0.15) is 24.2 Å². The van der Waals surface area contributed by atoms with E-state index in [1.165, 1.54) is 0 Å². The number of allylic oxidation sites excluding steroid dienone is 1. The molecule has 1 aromatic heterocycles. The van der Waals surface area contributed by atoms with Crippen molar-refractivity contribution in [2.45, 2.75) is 19.4 Å². The zero-order valence-electron chi connectivity index (χ0n) is 16.3. The molecule has 31 heavy (non-hydrogen) atoms. The van der Waals surface area contributed by atoms with Crippen molar-refractivity contribution in [3.63, 3.8) is 0 Å². The Bertz CT molecular complexity index is 1230. The van der Waals surface area contributed by atoms with Crippen molar-refractivity contribution < 1.29 is 13.0 Å². The largest absolute Gasteiger partial charge is 0.369 e. The lowest BCUT2D eigenvalue weighted by Crippen LogP contribution is -2.22. The van der Waals surface area contributed by atoms with Crippen molar-refractivity contribution in [3.8, 4) is 10.6 Å². The summed E-state index contributed by atoms with van der Waals surface area (Å²) in [5.74, 6) is 0. The zero-order chi connectivity index (χ0) is 21.8. The van der Waals surface area contributed by atoms with E-state index in [1.54, 1.807) is 32.4 Å². The van der Waals surface area contributed by atoms with E-state index < -0.39 is 10.3 Å². The highest BCUT2D eigenvalue weighted by Crippen LogP contribution is 2.41. The van der Waals surface area contributed by atoms with Gasteiger partial charge in [0.25, 0.3) is 0 Å². The van der Waals surface area contributed by atoms with Crippen molar-refractivity contribution in [1.82, 2.24) is 10.3 Å². The fourth-order valence-electron chi connectivity index (χ4n) is 2.97. The highest BCUT2D eigenvalue weighted by Gasteiger charge is 2.20. The topological polar surface area (TPSA) is 104 Å². The number of nitrogens with zero attached hydrogens (tertiary/aromatic N) is 2. The molecule has 162 valence electrons. The molecular formula is C20H19IN4O3S3. The molecule has 11 heteroatoms. The first-order valence-electron chi connectivity index (χ1n) is 9.22. The summed E-state index contributed by atoms with van der Waals surface area (Å²) in [6, 6.07) is 17.0. The minimum absolute atomic E-state index is 0.0520. The molecule has 1 atom stereocenters. The number of hydrogen-bond acceptors (Lipinski definition) is 7. The lowest BCUT2D eigenvalue weighted by atomic mass is 10.0. The number of rotatable bonds is 8. The second-order valence-corrected chi connectivity index (χ2v) is 12.5. The number of benzene rings is 2. The first kappa shape index (κ1) is 22.4. The third kappa shape index (κ3) is 6.13. The number of aromatic nitrogens is 1. The van der Waals surface area contributed by atoms with Gasteiger partial charge in [0.05, 0.1) is 42.8 Å². The molecule has 7 nitrogen and oxygen atoms in total. The van der Waals surface area contributed by atoms with Gasteiger partial charge in [0.2, 0.25) is 0 Å². The predicted octanol–water partition coefficient (Wildman–Crippen LogP) is 5.90. The van der Waals surface area contributed by atoms with Gasteiger partial charge in [-0.3, -0.25) is 9.27 Å². The van der Waals surface area contributed by atoms with Gasteiger partial charge in [-0.05, 0) is 40.0 Å². The fraction of sp³-hybridized carbons (Fsp3) is 0.150. The van der Waals surface area contributed by atoms with Crippen molar-refractivity contribution in [2.24, 2.45) is 3.15 Å². The molecule has 1 aliphatic rings. The van der Waals surface area contributed by atoms with E-state index in [4.69, 9.17) is 9.54 Å². The van der Waals surface area contributed by atoms with Gasteiger partial charge >= 0.3 is 10.3 Å². The normalized spacial score (nSPS) is 14.9. The summed E-state index contributed by atoms with van der Waals surface area (Å²) in [4.78, 5) is 4.89. The van der Waals surface area contributed by atoms with Crippen LogP contribution in [0.4, 0.5) is 5.69 Å². The van der Waals surface area contributed by atoms with Crippen LogP contribution in [0.5, 0.6) is 0 Å². The van der Waals surface area contributed by atoms with Crippen LogP contribution < -0.4 is 10.0 Å². The van der Waals surface area contributed by atoms with Crippen LogP contribution in [0.3, 0.4) is 0 Å². The first-order chi connectivity index (χ1) is 14.9. The molecule has 4 rings (SSSR count). The molecule has 2 heterocycles. The van der Waals surface area contributed by atoms with E-state index in [1.807, 2.05) is 37.3 Å². The van der Waals surface area contributed by atoms with Crippen LogP contribution in [-0.2, 0) is 16.7 Å². The third-order valence-corrected chi connectivity index (χ3v) is 9.78. The number of thiazole rings is 1. The maximum Gasteiger partial charge on any atom is 0.357 e. The molecule has 0 fully saturated rings. The van der Waals surface area contributed by atoms with Gasteiger partial charge in [-0.15, -0.1) is 11.3 Å². The Labute approximate surface area is 197 Å². The van der Waals surface area contributed by atoms with Crippen LogP contribution in [0, 0.1) is 0 Å². The second kappa shape index (κ2) is 9.77. The number of anilines is 1. The predicted molar refractivity (Wildman–Crippen MR) is 135 cm³/mol. The van der Waals surface area contributed by atoms with Crippen molar-refractivity contribution in [1.29, 1.82) is 0 Å². The quantitative estimate of drug-likeness (QED) is 0.224. The summed E-state index contributed by atoms with van der Waals surface area (Å²) < 4.78 is 37.6. The summed E-state index contributed by atoms with van der Waals surface area (Å²) >= 11 is 1.36. The van der Waals surface area contributed by atoms with Gasteiger partial charge < -0.3 is 5.32 Å². The van der Waals surface area contributed by atoms with Crippen LogP contribution in [0.15, 0.2) is 73.8 Å². The molecule has 0 aliphatic carbocycles. The average molecular weight is 587 g/mol. The lowest BCUT2D eigenvalue weighted by molar-refractivity contribution is 0.489. The molecule has 0 saturated carbocycles. The molecule has 1 aliphatic heterocycles. The van der Waals surface area contributed by atoms with E-state index >= 15 is 0 Å². The monoisotopic (exact) mass is 586 g/mol. The second-order valence-electron chi connectivity index (χ2n) is 6.76. The minimum atomic E-state index is -4.29. The van der Waals surface area contributed by atoms with E-state index in [0.29, 0.717) is 12.1 Å². The Hall–Kier alpha value is -1.80. The maximum atomic E-state index is 11.0. The molecule has 0 saturated heterocycles. The zero-order valence-corrected chi connectivity index (χ0v) is 20.9. The Morgan fingerprint density at radius 3 is 2.52 bits per heavy atom. The molecule has 2 aromatic carbocycles. The van der Waals surface area contributed by atoms with Crippen LogP contribution in [0.2, 0.25) is 0 Å². The van der Waals surface area contributed by atoms with Gasteiger partial charge in [-0.1, -0.05) is 42.5 Å². The van der Waals surface area contributed by atoms with Crippen LogP contribution >= 0.6 is 39.9 Å². The highest BCUT2D eigenvalue weighted by molar-refractivity contribution is 14.2. The maximum absolute atomic E-state index is 11.0. The summed E-state index contributed by atoms with van der Waals surface area (Å²) in [6.07, 6.45) is 0.666.